The van der Waals surface area contributed by atoms with Crippen molar-refractivity contribution in [2.45, 2.75) is 18.8 Å². The summed E-state index contributed by atoms with van der Waals surface area (Å²) in [6.45, 7) is 0. The number of hydrogen-bond donors (Lipinski definition) is 0. The minimum atomic E-state index is -4.80. The van der Waals surface area contributed by atoms with Crippen LogP contribution < -0.4 is 5.12 Å². The molecule has 0 aromatic heterocycles. The lowest BCUT2D eigenvalue weighted by Gasteiger charge is -2.18. The van der Waals surface area contributed by atoms with Crippen molar-refractivity contribution in [1.29, 1.82) is 0 Å². The van der Waals surface area contributed by atoms with Gasteiger partial charge in [-0.25, -0.2) is 5.12 Å². The maximum absolute atomic E-state index is 13.7. The number of alkyl halides is 6. The molecule has 1 nitrogen and oxygen atoms in total. The Morgan fingerprint density at radius 3 is 2.17 bits per heavy atom. The Labute approximate surface area is 132 Å². The van der Waals surface area contributed by atoms with E-state index in [2.05, 4.69) is 0 Å². The van der Waals surface area contributed by atoms with Crippen LogP contribution in [0.25, 0.3) is 11.1 Å². The molecular formula is C16H10F7N. The first-order valence-electron chi connectivity index (χ1n) is 6.83. The molecule has 0 saturated heterocycles. The van der Waals surface area contributed by atoms with Gasteiger partial charge in [0.25, 0.3) is 0 Å². The first-order chi connectivity index (χ1) is 11.0. The highest BCUT2D eigenvalue weighted by Gasteiger charge is 2.40. The summed E-state index contributed by atoms with van der Waals surface area (Å²) in [4.78, 5) is 0. The fourth-order valence-electron chi connectivity index (χ4n) is 3.00. The zero-order chi connectivity index (χ0) is 17.9. The average Bonchev–Trinajstić information content (AvgIpc) is 2.82. The van der Waals surface area contributed by atoms with Crippen molar-refractivity contribution in [3.8, 4) is 11.1 Å². The van der Waals surface area contributed by atoms with Crippen molar-refractivity contribution in [2.24, 2.45) is 0 Å². The highest BCUT2D eigenvalue weighted by molar-refractivity contribution is 5.85. The molecule has 0 heterocycles. The van der Waals surface area contributed by atoms with Crippen LogP contribution >= 0.6 is 0 Å². The molecule has 0 amide bonds. The minimum absolute atomic E-state index is 0.00673. The molecule has 0 saturated carbocycles. The van der Waals surface area contributed by atoms with Crippen molar-refractivity contribution >= 4 is 5.69 Å². The van der Waals surface area contributed by atoms with Crippen LogP contribution in [0, 0.1) is 0 Å². The number of halogens is 7. The second-order valence-electron chi connectivity index (χ2n) is 5.51. The SMILES string of the molecule is CN(F)c1cc(C(F)(F)F)cc2c1Cc1cccc(C(F)(F)F)c1-2. The Kier molecular flexibility index (Phi) is 3.54. The van der Waals surface area contributed by atoms with E-state index in [1.807, 2.05) is 0 Å². The molecule has 2 aromatic rings. The Balaban J connectivity index is 2.34. The molecule has 0 atom stereocenters. The van der Waals surface area contributed by atoms with Gasteiger partial charge in [-0.05, 0) is 40.5 Å². The van der Waals surface area contributed by atoms with Gasteiger partial charge in [-0.15, -0.1) is 4.48 Å². The number of rotatable bonds is 1. The third-order valence-electron chi connectivity index (χ3n) is 3.98. The average molecular weight is 349 g/mol. The zero-order valence-corrected chi connectivity index (χ0v) is 12.2. The molecule has 2 aromatic carbocycles. The quantitative estimate of drug-likeness (QED) is 0.407. The van der Waals surface area contributed by atoms with E-state index in [1.54, 1.807) is 0 Å². The van der Waals surface area contributed by atoms with E-state index < -0.39 is 23.5 Å². The number of hydrogen-bond acceptors (Lipinski definition) is 1. The monoisotopic (exact) mass is 349 g/mol. The molecule has 0 fully saturated rings. The molecule has 0 bridgehead atoms. The van der Waals surface area contributed by atoms with Gasteiger partial charge in [-0.2, -0.15) is 26.3 Å². The van der Waals surface area contributed by atoms with Gasteiger partial charge in [-0.3, -0.25) is 0 Å². The molecule has 0 aliphatic heterocycles. The molecule has 0 unspecified atom stereocenters. The summed E-state index contributed by atoms with van der Waals surface area (Å²) in [6, 6.07) is 4.67. The lowest BCUT2D eigenvalue weighted by molar-refractivity contribution is -0.137. The predicted molar refractivity (Wildman–Crippen MR) is 74.2 cm³/mol. The van der Waals surface area contributed by atoms with Crippen LogP contribution in [0.3, 0.4) is 0 Å². The van der Waals surface area contributed by atoms with Crippen molar-refractivity contribution in [1.82, 2.24) is 0 Å². The van der Waals surface area contributed by atoms with Crippen molar-refractivity contribution < 1.29 is 30.8 Å². The summed E-state index contributed by atoms with van der Waals surface area (Å²) >= 11 is 0. The Morgan fingerprint density at radius 2 is 1.62 bits per heavy atom. The lowest BCUT2D eigenvalue weighted by atomic mass is 9.97. The van der Waals surface area contributed by atoms with Gasteiger partial charge in [0.1, 0.15) is 0 Å². The van der Waals surface area contributed by atoms with Gasteiger partial charge in [0.15, 0.2) is 0 Å². The standard InChI is InChI=1S/C16H10F7N/c1-24(23)13-7-9(15(17,18)19)6-11-10(13)5-8-3-2-4-12(14(8)11)16(20,21)22/h2-4,6-7H,5H2,1H3. The van der Waals surface area contributed by atoms with Crippen molar-refractivity contribution in [2.75, 3.05) is 12.2 Å². The van der Waals surface area contributed by atoms with E-state index in [9.17, 15) is 30.8 Å². The van der Waals surface area contributed by atoms with Crippen LogP contribution in [0.4, 0.5) is 36.5 Å². The summed E-state index contributed by atoms with van der Waals surface area (Å²) in [5, 5.41) is -0.00673. The fourth-order valence-corrected chi connectivity index (χ4v) is 3.00. The maximum Gasteiger partial charge on any atom is 0.417 e. The fraction of sp³-hybridized carbons (Fsp3) is 0.250. The molecule has 0 spiro atoms. The highest BCUT2D eigenvalue weighted by Crippen LogP contribution is 2.49. The van der Waals surface area contributed by atoms with Crippen molar-refractivity contribution in [3.05, 3.63) is 52.6 Å². The van der Waals surface area contributed by atoms with Gasteiger partial charge in [-0.1, -0.05) is 12.1 Å². The van der Waals surface area contributed by atoms with Crippen LogP contribution in [0.5, 0.6) is 0 Å². The van der Waals surface area contributed by atoms with E-state index in [-0.39, 0.29) is 39.5 Å². The van der Waals surface area contributed by atoms with Crippen molar-refractivity contribution in [3.63, 3.8) is 0 Å². The minimum Gasteiger partial charge on any atom is -0.215 e. The molecule has 128 valence electrons. The maximum atomic E-state index is 13.7. The summed E-state index contributed by atoms with van der Waals surface area (Å²) in [5.41, 5.74) is -2.80. The van der Waals surface area contributed by atoms with E-state index in [0.717, 1.165) is 13.1 Å². The smallest absolute Gasteiger partial charge is 0.215 e. The van der Waals surface area contributed by atoms with Crippen LogP contribution in [0.15, 0.2) is 30.3 Å². The molecule has 3 rings (SSSR count). The van der Waals surface area contributed by atoms with E-state index >= 15 is 0 Å². The third kappa shape index (κ3) is 2.59. The van der Waals surface area contributed by atoms with E-state index in [1.165, 1.54) is 12.1 Å². The topological polar surface area (TPSA) is 3.24 Å². The highest BCUT2D eigenvalue weighted by atomic mass is 19.4. The van der Waals surface area contributed by atoms with Gasteiger partial charge < -0.3 is 0 Å². The van der Waals surface area contributed by atoms with Gasteiger partial charge in [0.05, 0.1) is 16.8 Å². The molecule has 0 radical (unpaired) electrons. The van der Waals surface area contributed by atoms with Crippen LogP contribution in [-0.2, 0) is 18.8 Å². The first-order valence-corrected chi connectivity index (χ1v) is 6.83. The van der Waals surface area contributed by atoms with Gasteiger partial charge in [0, 0.05) is 13.5 Å². The summed E-state index contributed by atoms with van der Waals surface area (Å²) in [7, 11) is 0.906. The molecule has 1 aliphatic carbocycles. The lowest BCUT2D eigenvalue weighted by Crippen LogP contribution is -2.11. The third-order valence-corrected chi connectivity index (χ3v) is 3.98. The number of fused-ring (bicyclic) bond motifs is 3. The molecule has 24 heavy (non-hydrogen) atoms. The molecule has 0 N–H and O–H groups in total. The summed E-state index contributed by atoms with van der Waals surface area (Å²) < 4.78 is 92.5. The Bertz CT molecular complexity index is 803. The molecule has 1 aliphatic rings. The zero-order valence-electron chi connectivity index (χ0n) is 12.2. The Morgan fingerprint density at radius 1 is 0.958 bits per heavy atom. The van der Waals surface area contributed by atoms with E-state index in [0.29, 0.717) is 12.1 Å². The predicted octanol–water partition coefficient (Wildman–Crippen LogP) is 5.62. The number of benzene rings is 2. The molecule has 8 heteroatoms. The summed E-state index contributed by atoms with van der Waals surface area (Å²) in [5.74, 6) is 0. The second kappa shape index (κ2) is 5.12. The van der Waals surface area contributed by atoms with Gasteiger partial charge >= 0.3 is 12.4 Å². The largest absolute Gasteiger partial charge is 0.417 e. The van der Waals surface area contributed by atoms with Crippen LogP contribution in [0.2, 0.25) is 0 Å². The van der Waals surface area contributed by atoms with Gasteiger partial charge in [0.2, 0.25) is 0 Å². The second-order valence-corrected chi connectivity index (χ2v) is 5.51. The van der Waals surface area contributed by atoms with Crippen LogP contribution in [-0.4, -0.2) is 7.05 Å². The first kappa shape index (κ1) is 16.6. The summed E-state index contributed by atoms with van der Waals surface area (Å²) in [6.07, 6.45) is -9.57. The molecular weight excluding hydrogens is 339 g/mol. The normalized spacial score (nSPS) is 13.7. The van der Waals surface area contributed by atoms with Crippen LogP contribution in [0.1, 0.15) is 22.3 Å². The number of nitrogens with zero attached hydrogens (tertiary/aromatic N) is 1. The number of anilines is 1. The van der Waals surface area contributed by atoms with E-state index in [4.69, 9.17) is 0 Å². The Hall–Kier alpha value is -2.25.